The molecule has 0 heterocycles. The third-order valence-corrected chi connectivity index (χ3v) is 5.70. The van der Waals surface area contributed by atoms with Gasteiger partial charge in [-0.1, -0.05) is 12.1 Å². The topological polar surface area (TPSA) is 143 Å². The van der Waals surface area contributed by atoms with Crippen molar-refractivity contribution in [3.05, 3.63) is 58.7 Å². The molecule has 2 amide bonds. The maximum Gasteiger partial charge on any atom is 0.253 e. The Bertz CT molecular complexity index is 990. The molecule has 164 valence electrons. The Morgan fingerprint density at radius 1 is 0.935 bits per heavy atom. The summed E-state index contributed by atoms with van der Waals surface area (Å²) in [5, 5.41) is 4.08. The second-order valence-electron chi connectivity index (χ2n) is 7.99. The van der Waals surface area contributed by atoms with Gasteiger partial charge in [-0.15, -0.1) is 0 Å². The third-order valence-electron chi connectivity index (χ3n) is 5.70. The number of amides is 2. The van der Waals surface area contributed by atoms with Crippen LogP contribution in [0, 0.1) is 0 Å². The molecule has 0 spiro atoms. The Morgan fingerprint density at radius 3 is 1.74 bits per heavy atom. The van der Waals surface area contributed by atoms with Gasteiger partial charge in [-0.25, -0.2) is 11.4 Å². The van der Waals surface area contributed by atoms with Gasteiger partial charge in [0.15, 0.2) is 0 Å². The first-order chi connectivity index (χ1) is 14.7. The standard InChI is InChI=1S/C22H29N7O2/c1-28(2)19(30)13-5-7-17-15(11-13)16-12-14(20(31)29(3)4)6-8-18(16)22(17,9-10-23)21(24)26-27-25/h5-8,11-12,27H,9-10,23,25H2,1-4H3,(H2,24,26). The highest BCUT2D eigenvalue weighted by Crippen LogP contribution is 2.51. The minimum Gasteiger partial charge on any atom is -0.385 e. The number of carbonyl (C=O) groups is 2. The SMILES string of the molecule is CN(C)C(=O)c1ccc2c(c1)-c1cc(C(=O)N(C)C)ccc1C2(CCN)/C(N)=N/NN. The number of nitrogens with two attached hydrogens (primary N) is 3. The van der Waals surface area contributed by atoms with Crippen molar-refractivity contribution in [2.24, 2.45) is 22.4 Å². The zero-order valence-corrected chi connectivity index (χ0v) is 18.3. The summed E-state index contributed by atoms with van der Waals surface area (Å²) in [5.41, 5.74) is 18.3. The first kappa shape index (κ1) is 22.3. The number of hydrazone groups is 1. The smallest absolute Gasteiger partial charge is 0.253 e. The van der Waals surface area contributed by atoms with E-state index < -0.39 is 5.41 Å². The van der Waals surface area contributed by atoms with Crippen LogP contribution < -0.4 is 22.8 Å². The fraction of sp³-hybridized carbons (Fsp3) is 0.318. The van der Waals surface area contributed by atoms with Crippen LogP contribution in [0.3, 0.4) is 0 Å². The minimum absolute atomic E-state index is 0.119. The van der Waals surface area contributed by atoms with Gasteiger partial charge < -0.3 is 21.3 Å². The predicted molar refractivity (Wildman–Crippen MR) is 121 cm³/mol. The largest absolute Gasteiger partial charge is 0.385 e. The molecule has 9 heteroatoms. The molecule has 0 aliphatic heterocycles. The molecule has 0 fully saturated rings. The van der Waals surface area contributed by atoms with Gasteiger partial charge in [0.05, 0.1) is 5.41 Å². The van der Waals surface area contributed by atoms with Gasteiger partial charge >= 0.3 is 0 Å². The van der Waals surface area contributed by atoms with Gasteiger partial charge in [0.2, 0.25) is 0 Å². The van der Waals surface area contributed by atoms with E-state index in [9.17, 15) is 9.59 Å². The Morgan fingerprint density at radius 2 is 1.39 bits per heavy atom. The number of hydrogen-bond acceptors (Lipinski definition) is 6. The van der Waals surface area contributed by atoms with Gasteiger partial charge in [0, 0.05) is 39.3 Å². The summed E-state index contributed by atoms with van der Waals surface area (Å²) < 4.78 is 0. The Kier molecular flexibility index (Phi) is 6.01. The highest BCUT2D eigenvalue weighted by Gasteiger charge is 2.46. The molecule has 2 aromatic rings. The maximum absolute atomic E-state index is 12.6. The Labute approximate surface area is 181 Å². The summed E-state index contributed by atoms with van der Waals surface area (Å²) >= 11 is 0. The van der Waals surface area contributed by atoms with E-state index in [0.717, 1.165) is 22.3 Å². The molecule has 0 aromatic heterocycles. The summed E-state index contributed by atoms with van der Waals surface area (Å²) in [5.74, 6) is 5.46. The number of fused-ring (bicyclic) bond motifs is 3. The second kappa shape index (κ2) is 8.37. The zero-order chi connectivity index (χ0) is 22.9. The van der Waals surface area contributed by atoms with E-state index in [0.29, 0.717) is 24.1 Å². The highest BCUT2D eigenvalue weighted by atomic mass is 16.2. The van der Waals surface area contributed by atoms with Crippen molar-refractivity contribution in [2.75, 3.05) is 34.7 Å². The fourth-order valence-electron chi connectivity index (χ4n) is 4.26. The molecular formula is C22H29N7O2. The summed E-state index contributed by atoms with van der Waals surface area (Å²) in [6.45, 7) is 0.344. The zero-order valence-electron chi connectivity index (χ0n) is 18.3. The molecule has 0 atom stereocenters. The van der Waals surface area contributed by atoms with Gasteiger partial charge in [0.25, 0.3) is 11.8 Å². The molecule has 0 saturated heterocycles. The van der Waals surface area contributed by atoms with E-state index in [1.165, 1.54) is 9.80 Å². The van der Waals surface area contributed by atoms with E-state index in [4.69, 9.17) is 17.3 Å². The molecule has 7 N–H and O–H groups in total. The Hall–Kier alpha value is -3.43. The van der Waals surface area contributed by atoms with Gasteiger partial charge in [-0.05, 0) is 59.5 Å². The number of nitrogens with one attached hydrogen (secondary N) is 1. The molecule has 31 heavy (non-hydrogen) atoms. The van der Waals surface area contributed by atoms with Crippen molar-refractivity contribution >= 4 is 17.6 Å². The lowest BCUT2D eigenvalue weighted by Crippen LogP contribution is -2.44. The van der Waals surface area contributed by atoms with Crippen LogP contribution in [-0.4, -0.2) is 62.2 Å². The van der Waals surface area contributed by atoms with E-state index in [-0.39, 0.29) is 17.6 Å². The molecule has 3 rings (SSSR count). The number of rotatable bonds is 6. The van der Waals surface area contributed by atoms with Crippen LogP contribution in [0.25, 0.3) is 11.1 Å². The van der Waals surface area contributed by atoms with Gasteiger partial charge in [-0.2, -0.15) is 5.10 Å². The van der Waals surface area contributed by atoms with E-state index in [1.54, 1.807) is 40.3 Å². The summed E-state index contributed by atoms with van der Waals surface area (Å²) in [7, 11) is 6.81. The van der Waals surface area contributed by atoms with E-state index >= 15 is 0 Å². The molecule has 2 aromatic carbocycles. The van der Waals surface area contributed by atoms with Crippen molar-refractivity contribution in [3.63, 3.8) is 0 Å². The van der Waals surface area contributed by atoms with E-state index in [2.05, 4.69) is 10.6 Å². The van der Waals surface area contributed by atoms with Crippen molar-refractivity contribution in [2.45, 2.75) is 11.8 Å². The first-order valence-electron chi connectivity index (χ1n) is 9.91. The van der Waals surface area contributed by atoms with Gasteiger partial charge in [-0.3, -0.25) is 9.59 Å². The van der Waals surface area contributed by atoms with Crippen LogP contribution in [-0.2, 0) is 5.41 Å². The normalized spacial score (nSPS) is 13.9. The highest BCUT2D eigenvalue weighted by molar-refractivity contribution is 6.06. The van der Waals surface area contributed by atoms with Crippen LogP contribution in [0.15, 0.2) is 41.5 Å². The van der Waals surface area contributed by atoms with Crippen molar-refractivity contribution in [3.8, 4) is 11.1 Å². The third kappa shape index (κ3) is 3.51. The average molecular weight is 424 g/mol. The minimum atomic E-state index is -0.828. The lowest BCUT2D eigenvalue weighted by Gasteiger charge is -2.31. The van der Waals surface area contributed by atoms with Gasteiger partial charge in [0.1, 0.15) is 5.84 Å². The molecule has 0 unspecified atom stereocenters. The maximum atomic E-state index is 12.6. The lowest BCUT2D eigenvalue weighted by atomic mass is 9.74. The Balaban J connectivity index is 2.35. The molecule has 0 saturated carbocycles. The van der Waals surface area contributed by atoms with Crippen molar-refractivity contribution in [1.29, 1.82) is 0 Å². The number of hydrogen-bond donors (Lipinski definition) is 4. The molecule has 0 bridgehead atoms. The summed E-state index contributed by atoms with van der Waals surface area (Å²) in [4.78, 5) is 28.3. The van der Waals surface area contributed by atoms with Crippen LogP contribution in [0.2, 0.25) is 0 Å². The van der Waals surface area contributed by atoms with Crippen molar-refractivity contribution in [1.82, 2.24) is 15.3 Å². The number of amidine groups is 1. The average Bonchev–Trinajstić information content (AvgIpc) is 3.02. The molecule has 0 radical (unpaired) electrons. The van der Waals surface area contributed by atoms with E-state index in [1.807, 2.05) is 24.3 Å². The first-order valence-corrected chi connectivity index (χ1v) is 9.91. The predicted octanol–water partition coefficient (Wildman–Crippen LogP) is 0.441. The quantitative estimate of drug-likeness (QED) is 0.230. The molecule has 1 aliphatic carbocycles. The molecule has 9 nitrogen and oxygen atoms in total. The number of benzene rings is 2. The summed E-state index contributed by atoms with van der Waals surface area (Å²) in [6.07, 6.45) is 0.478. The summed E-state index contributed by atoms with van der Waals surface area (Å²) in [6, 6.07) is 11.0. The van der Waals surface area contributed by atoms with Crippen LogP contribution in [0.4, 0.5) is 0 Å². The monoisotopic (exact) mass is 423 g/mol. The van der Waals surface area contributed by atoms with Crippen molar-refractivity contribution < 1.29 is 9.59 Å². The fourth-order valence-corrected chi connectivity index (χ4v) is 4.26. The molecule has 1 aliphatic rings. The lowest BCUT2D eigenvalue weighted by molar-refractivity contribution is 0.0820. The number of carbonyl (C=O) groups excluding carboxylic acids is 2. The number of nitrogens with zero attached hydrogens (tertiary/aromatic N) is 3. The van der Waals surface area contributed by atoms with Crippen LogP contribution in [0.5, 0.6) is 0 Å². The number of hydrazine groups is 1. The van der Waals surface area contributed by atoms with Crippen LogP contribution >= 0.6 is 0 Å². The second-order valence-corrected chi connectivity index (χ2v) is 7.99. The van der Waals surface area contributed by atoms with Crippen LogP contribution in [0.1, 0.15) is 38.3 Å². The molecular weight excluding hydrogens is 394 g/mol.